The first-order chi connectivity index (χ1) is 9.56. The van der Waals surface area contributed by atoms with Crippen LogP contribution in [0.1, 0.15) is 25.6 Å². The Morgan fingerprint density at radius 3 is 2.80 bits per heavy atom. The molecule has 1 unspecified atom stereocenters. The van der Waals surface area contributed by atoms with Crippen molar-refractivity contribution < 1.29 is 0 Å². The number of rotatable bonds is 2. The van der Waals surface area contributed by atoms with Crippen LogP contribution in [-0.2, 0) is 0 Å². The summed E-state index contributed by atoms with van der Waals surface area (Å²) in [5.41, 5.74) is 0.400. The van der Waals surface area contributed by atoms with E-state index in [1.54, 1.807) is 0 Å². The number of aromatic nitrogens is 4. The van der Waals surface area contributed by atoms with Crippen LogP contribution in [0.5, 0.6) is 0 Å². The standard InChI is InChI=1S/C13H18BrN5O/c1-8(14)10-3-5-18(6-4-10)11-7-12-16-17-13(20)19(12)9(2)15-11/h7-8,10H,3-6H2,1-2H3,(H,17,20). The van der Waals surface area contributed by atoms with Crippen molar-refractivity contribution in [3.63, 3.8) is 0 Å². The highest BCUT2D eigenvalue weighted by Crippen LogP contribution is 2.27. The molecule has 0 bridgehead atoms. The topological polar surface area (TPSA) is 66.3 Å². The Hall–Kier alpha value is -1.37. The minimum absolute atomic E-state index is 0.233. The van der Waals surface area contributed by atoms with Crippen LogP contribution < -0.4 is 10.6 Å². The van der Waals surface area contributed by atoms with Crippen LogP contribution in [0.4, 0.5) is 5.82 Å². The summed E-state index contributed by atoms with van der Waals surface area (Å²) < 4.78 is 1.50. The molecule has 0 radical (unpaired) electrons. The van der Waals surface area contributed by atoms with Gasteiger partial charge in [0.05, 0.1) is 0 Å². The number of alkyl halides is 1. The lowest BCUT2D eigenvalue weighted by molar-refractivity contribution is 0.405. The van der Waals surface area contributed by atoms with E-state index in [4.69, 9.17) is 0 Å². The zero-order valence-electron chi connectivity index (χ0n) is 11.6. The van der Waals surface area contributed by atoms with Crippen LogP contribution >= 0.6 is 15.9 Å². The number of aryl methyl sites for hydroxylation is 1. The van der Waals surface area contributed by atoms with Gasteiger partial charge in [-0.1, -0.05) is 22.9 Å². The average Bonchev–Trinajstić information content (AvgIpc) is 2.81. The van der Waals surface area contributed by atoms with Gasteiger partial charge in [0.25, 0.3) is 0 Å². The number of aromatic amines is 1. The van der Waals surface area contributed by atoms with Crippen molar-refractivity contribution in [3.8, 4) is 0 Å². The number of H-pyrrole nitrogens is 1. The summed E-state index contributed by atoms with van der Waals surface area (Å²) in [5.74, 6) is 2.31. The smallest absolute Gasteiger partial charge is 0.349 e. The Kier molecular flexibility index (Phi) is 3.54. The van der Waals surface area contributed by atoms with Crippen LogP contribution in [0.25, 0.3) is 5.65 Å². The third-order valence-corrected chi connectivity index (χ3v) is 4.82. The molecular weight excluding hydrogens is 322 g/mol. The van der Waals surface area contributed by atoms with Crippen LogP contribution in [0.3, 0.4) is 0 Å². The fraction of sp³-hybridized carbons (Fsp3) is 0.615. The number of hydrogen-bond acceptors (Lipinski definition) is 4. The summed E-state index contributed by atoms with van der Waals surface area (Å²) in [6.07, 6.45) is 2.32. The van der Waals surface area contributed by atoms with Gasteiger partial charge in [-0.25, -0.2) is 19.3 Å². The summed E-state index contributed by atoms with van der Waals surface area (Å²) in [6, 6.07) is 1.88. The molecule has 0 saturated carbocycles. The van der Waals surface area contributed by atoms with E-state index >= 15 is 0 Å². The lowest BCUT2D eigenvalue weighted by atomic mass is 9.94. The molecule has 108 valence electrons. The molecule has 3 rings (SSSR count). The number of piperidine rings is 1. The number of nitrogens with one attached hydrogen (secondary N) is 1. The first-order valence-corrected chi connectivity index (χ1v) is 7.81. The maximum atomic E-state index is 11.6. The highest BCUT2D eigenvalue weighted by molar-refractivity contribution is 9.09. The Morgan fingerprint density at radius 2 is 2.15 bits per heavy atom. The Morgan fingerprint density at radius 1 is 1.45 bits per heavy atom. The van der Waals surface area contributed by atoms with Crippen LogP contribution in [-0.4, -0.2) is 37.5 Å². The molecule has 1 saturated heterocycles. The lowest BCUT2D eigenvalue weighted by Crippen LogP contribution is -2.36. The predicted molar refractivity (Wildman–Crippen MR) is 81.7 cm³/mol. The molecule has 2 aromatic rings. The van der Waals surface area contributed by atoms with Gasteiger partial charge in [-0.05, 0) is 25.7 Å². The van der Waals surface area contributed by atoms with E-state index in [0.717, 1.165) is 37.7 Å². The molecule has 1 aliphatic heterocycles. The van der Waals surface area contributed by atoms with Crippen molar-refractivity contribution in [2.75, 3.05) is 18.0 Å². The van der Waals surface area contributed by atoms with E-state index in [2.05, 4.69) is 42.9 Å². The van der Waals surface area contributed by atoms with Crippen molar-refractivity contribution in [3.05, 3.63) is 22.4 Å². The quantitative estimate of drug-likeness (QED) is 0.846. The highest BCUT2D eigenvalue weighted by atomic mass is 79.9. The van der Waals surface area contributed by atoms with Crippen molar-refractivity contribution >= 4 is 27.4 Å². The average molecular weight is 340 g/mol. The molecule has 3 heterocycles. The van der Waals surface area contributed by atoms with E-state index < -0.39 is 0 Å². The maximum absolute atomic E-state index is 11.6. The third-order valence-electron chi connectivity index (χ3n) is 4.07. The maximum Gasteiger partial charge on any atom is 0.349 e. The predicted octanol–water partition coefficient (Wildman–Crippen LogP) is 1.73. The molecule has 20 heavy (non-hydrogen) atoms. The molecule has 1 N–H and O–H groups in total. The molecule has 7 heteroatoms. The molecule has 0 amide bonds. The number of fused-ring (bicyclic) bond motifs is 1. The fourth-order valence-electron chi connectivity index (χ4n) is 2.83. The number of anilines is 1. The van der Waals surface area contributed by atoms with Crippen LogP contribution in [0.15, 0.2) is 10.9 Å². The number of halogens is 1. The number of hydrogen-bond donors (Lipinski definition) is 1. The van der Waals surface area contributed by atoms with Crippen LogP contribution in [0, 0.1) is 12.8 Å². The summed E-state index contributed by atoms with van der Waals surface area (Å²) >= 11 is 3.67. The molecule has 0 aromatic carbocycles. The zero-order chi connectivity index (χ0) is 14.3. The molecule has 1 atom stereocenters. The minimum atomic E-state index is -0.233. The van der Waals surface area contributed by atoms with E-state index in [-0.39, 0.29) is 5.69 Å². The lowest BCUT2D eigenvalue weighted by Gasteiger charge is -2.34. The Bertz CT molecular complexity index is 669. The van der Waals surface area contributed by atoms with E-state index in [1.165, 1.54) is 4.40 Å². The first-order valence-electron chi connectivity index (χ1n) is 6.90. The normalized spacial score (nSPS) is 18.6. The van der Waals surface area contributed by atoms with Gasteiger partial charge in [-0.2, -0.15) is 5.10 Å². The van der Waals surface area contributed by atoms with Crippen molar-refractivity contribution in [2.45, 2.75) is 31.5 Å². The van der Waals surface area contributed by atoms with E-state index in [0.29, 0.717) is 16.3 Å². The second-order valence-corrected chi connectivity index (χ2v) is 6.83. The molecule has 1 fully saturated rings. The van der Waals surface area contributed by atoms with Gasteiger partial charge in [0, 0.05) is 24.0 Å². The summed E-state index contributed by atoms with van der Waals surface area (Å²) in [5, 5.41) is 6.49. The zero-order valence-corrected chi connectivity index (χ0v) is 13.2. The van der Waals surface area contributed by atoms with Crippen molar-refractivity contribution in [1.82, 2.24) is 19.6 Å². The van der Waals surface area contributed by atoms with Gasteiger partial charge in [0.15, 0.2) is 5.65 Å². The monoisotopic (exact) mass is 339 g/mol. The van der Waals surface area contributed by atoms with Gasteiger partial charge >= 0.3 is 5.69 Å². The summed E-state index contributed by atoms with van der Waals surface area (Å²) in [4.78, 5) is 19.0. The molecule has 6 nitrogen and oxygen atoms in total. The van der Waals surface area contributed by atoms with Crippen molar-refractivity contribution in [2.24, 2.45) is 5.92 Å². The SMILES string of the molecule is Cc1nc(N2CCC(C(C)Br)CC2)cc2n[nH]c(=O)n12. The Labute approximate surface area is 125 Å². The van der Waals surface area contributed by atoms with Gasteiger partial charge in [0.1, 0.15) is 11.6 Å². The second kappa shape index (κ2) is 5.20. The van der Waals surface area contributed by atoms with E-state index in [9.17, 15) is 4.79 Å². The minimum Gasteiger partial charge on any atom is -0.356 e. The fourth-order valence-corrected chi connectivity index (χ4v) is 3.36. The van der Waals surface area contributed by atoms with Gasteiger partial charge in [-0.3, -0.25) is 0 Å². The van der Waals surface area contributed by atoms with Gasteiger partial charge in [0.2, 0.25) is 0 Å². The second-order valence-electron chi connectivity index (χ2n) is 5.39. The summed E-state index contributed by atoms with van der Waals surface area (Å²) in [6.45, 7) is 6.04. The molecule has 1 aliphatic rings. The first kappa shape index (κ1) is 13.6. The van der Waals surface area contributed by atoms with E-state index in [1.807, 2.05) is 13.0 Å². The largest absolute Gasteiger partial charge is 0.356 e. The van der Waals surface area contributed by atoms with Crippen LogP contribution in [0.2, 0.25) is 0 Å². The number of nitrogens with zero attached hydrogens (tertiary/aromatic N) is 4. The van der Waals surface area contributed by atoms with Crippen molar-refractivity contribution in [1.29, 1.82) is 0 Å². The third kappa shape index (κ3) is 2.34. The molecule has 0 aliphatic carbocycles. The highest BCUT2D eigenvalue weighted by Gasteiger charge is 2.23. The molecular formula is C13H18BrN5O. The summed E-state index contributed by atoms with van der Waals surface area (Å²) in [7, 11) is 0. The molecule has 2 aromatic heterocycles. The molecule has 0 spiro atoms. The Balaban J connectivity index is 1.87. The van der Waals surface area contributed by atoms with Gasteiger partial charge in [-0.15, -0.1) is 0 Å². The van der Waals surface area contributed by atoms with Gasteiger partial charge < -0.3 is 4.90 Å².